The van der Waals surface area contributed by atoms with Crippen LogP contribution in [-0.4, -0.2) is 22.3 Å². The summed E-state index contributed by atoms with van der Waals surface area (Å²) in [5.74, 6) is 0.680. The van der Waals surface area contributed by atoms with Crippen molar-refractivity contribution < 1.29 is 22.7 Å². The number of hydrogen-bond acceptors (Lipinski definition) is 3. The molecule has 0 unspecified atom stereocenters. The molecule has 0 bridgehead atoms. The number of carbonyl (C=O) groups excluding carboxylic acids is 1. The molecule has 2 aromatic carbocycles. The average Bonchev–Trinajstić information content (AvgIpc) is 3.12. The van der Waals surface area contributed by atoms with E-state index in [-0.39, 0.29) is 19.1 Å². The van der Waals surface area contributed by atoms with E-state index in [1.165, 1.54) is 23.0 Å². The molecule has 0 atom stereocenters. The summed E-state index contributed by atoms with van der Waals surface area (Å²) in [7, 11) is 0. The first-order chi connectivity index (χ1) is 13.8. The standard InChI is InChI=1S/C21H20F3N3O2/c1-2-15-4-3-5-18(12-15)29-14-20(28)26-19-10-11-25-27(19)13-16-6-8-17(9-7-16)21(22,23)24/h3-12H,2,13-14H2,1H3,(H,26,28). The fourth-order valence-corrected chi connectivity index (χ4v) is 2.72. The number of rotatable bonds is 7. The van der Waals surface area contributed by atoms with Crippen LogP contribution in [0.15, 0.2) is 60.8 Å². The first-order valence-electron chi connectivity index (χ1n) is 9.04. The van der Waals surface area contributed by atoms with Crippen LogP contribution in [0.5, 0.6) is 5.75 Å². The zero-order valence-corrected chi connectivity index (χ0v) is 15.7. The molecule has 0 fully saturated rings. The topological polar surface area (TPSA) is 56.1 Å². The van der Waals surface area contributed by atoms with Gasteiger partial charge in [-0.15, -0.1) is 0 Å². The highest BCUT2D eigenvalue weighted by molar-refractivity contribution is 5.91. The number of ether oxygens (including phenoxy) is 1. The highest BCUT2D eigenvalue weighted by atomic mass is 19.4. The van der Waals surface area contributed by atoms with E-state index in [4.69, 9.17) is 4.74 Å². The van der Waals surface area contributed by atoms with Gasteiger partial charge in [0.1, 0.15) is 11.6 Å². The minimum absolute atomic E-state index is 0.168. The second-order valence-corrected chi connectivity index (χ2v) is 6.41. The summed E-state index contributed by atoms with van der Waals surface area (Å²) in [6, 6.07) is 13.9. The van der Waals surface area contributed by atoms with Crippen molar-refractivity contribution >= 4 is 11.7 Å². The van der Waals surface area contributed by atoms with E-state index in [1.807, 2.05) is 25.1 Å². The molecule has 3 rings (SSSR count). The van der Waals surface area contributed by atoms with Gasteiger partial charge in [-0.2, -0.15) is 18.3 Å². The lowest BCUT2D eigenvalue weighted by Gasteiger charge is -2.11. The van der Waals surface area contributed by atoms with Crippen LogP contribution in [0.3, 0.4) is 0 Å². The van der Waals surface area contributed by atoms with Crippen molar-refractivity contribution in [1.82, 2.24) is 9.78 Å². The molecule has 3 aromatic rings. The van der Waals surface area contributed by atoms with Crippen LogP contribution >= 0.6 is 0 Å². The zero-order valence-electron chi connectivity index (χ0n) is 15.7. The lowest BCUT2D eigenvalue weighted by atomic mass is 10.1. The molecule has 29 heavy (non-hydrogen) atoms. The molecule has 0 spiro atoms. The summed E-state index contributed by atoms with van der Waals surface area (Å²) in [6.45, 7) is 2.09. The van der Waals surface area contributed by atoms with Crippen LogP contribution in [-0.2, 0) is 23.9 Å². The summed E-state index contributed by atoms with van der Waals surface area (Å²) in [4.78, 5) is 12.2. The first kappa shape index (κ1) is 20.4. The first-order valence-corrected chi connectivity index (χ1v) is 9.04. The van der Waals surface area contributed by atoms with E-state index in [0.717, 1.165) is 24.1 Å². The Hall–Kier alpha value is -3.29. The minimum Gasteiger partial charge on any atom is -0.484 e. The summed E-state index contributed by atoms with van der Waals surface area (Å²) in [6.07, 6.45) is -2.00. The van der Waals surface area contributed by atoms with Crippen LogP contribution in [0.2, 0.25) is 0 Å². The van der Waals surface area contributed by atoms with Gasteiger partial charge in [0.25, 0.3) is 5.91 Å². The molecule has 1 N–H and O–H groups in total. The molecule has 0 saturated heterocycles. The van der Waals surface area contributed by atoms with Crippen molar-refractivity contribution in [2.75, 3.05) is 11.9 Å². The molecule has 1 aromatic heterocycles. The van der Waals surface area contributed by atoms with Gasteiger partial charge >= 0.3 is 6.18 Å². The Balaban J connectivity index is 1.59. The number of nitrogens with one attached hydrogen (secondary N) is 1. The number of anilines is 1. The van der Waals surface area contributed by atoms with Gasteiger partial charge in [0, 0.05) is 6.07 Å². The summed E-state index contributed by atoms with van der Waals surface area (Å²) < 4.78 is 45.0. The smallest absolute Gasteiger partial charge is 0.416 e. The van der Waals surface area contributed by atoms with Crippen LogP contribution < -0.4 is 10.1 Å². The van der Waals surface area contributed by atoms with Crippen molar-refractivity contribution in [3.05, 3.63) is 77.5 Å². The third-order valence-electron chi connectivity index (χ3n) is 4.27. The Morgan fingerprint density at radius 1 is 1.10 bits per heavy atom. The maximum absolute atomic E-state index is 12.7. The minimum atomic E-state index is -4.37. The maximum atomic E-state index is 12.7. The number of hydrogen-bond donors (Lipinski definition) is 1. The highest BCUT2D eigenvalue weighted by Gasteiger charge is 2.29. The van der Waals surface area contributed by atoms with Gasteiger partial charge in [-0.05, 0) is 41.8 Å². The number of alkyl halides is 3. The van der Waals surface area contributed by atoms with E-state index >= 15 is 0 Å². The lowest BCUT2D eigenvalue weighted by Crippen LogP contribution is -2.22. The molecule has 5 nitrogen and oxygen atoms in total. The SMILES string of the molecule is CCc1cccc(OCC(=O)Nc2ccnn2Cc2ccc(C(F)(F)F)cc2)c1. The molecule has 1 amide bonds. The quantitative estimate of drug-likeness (QED) is 0.631. The van der Waals surface area contributed by atoms with Crippen molar-refractivity contribution in [3.8, 4) is 5.75 Å². The Labute approximate surface area is 166 Å². The summed E-state index contributed by atoms with van der Waals surface area (Å²) in [5, 5.41) is 6.82. The van der Waals surface area contributed by atoms with Crippen LogP contribution in [0.4, 0.5) is 19.0 Å². The molecular weight excluding hydrogens is 383 g/mol. The number of halogens is 3. The van der Waals surface area contributed by atoms with Gasteiger partial charge in [0.15, 0.2) is 6.61 Å². The third kappa shape index (κ3) is 5.60. The van der Waals surface area contributed by atoms with Gasteiger partial charge in [-0.3, -0.25) is 4.79 Å². The average molecular weight is 403 g/mol. The van der Waals surface area contributed by atoms with Crippen molar-refractivity contribution in [3.63, 3.8) is 0 Å². The van der Waals surface area contributed by atoms with Gasteiger partial charge in [-0.25, -0.2) is 4.68 Å². The van der Waals surface area contributed by atoms with Crippen LogP contribution in [0, 0.1) is 0 Å². The molecule has 0 saturated carbocycles. The Morgan fingerprint density at radius 2 is 1.86 bits per heavy atom. The monoisotopic (exact) mass is 403 g/mol. The van der Waals surface area contributed by atoms with Gasteiger partial charge in [0.2, 0.25) is 0 Å². The molecule has 0 aliphatic carbocycles. The fraction of sp³-hybridized carbons (Fsp3) is 0.238. The van der Waals surface area contributed by atoms with E-state index in [1.54, 1.807) is 12.1 Å². The second-order valence-electron chi connectivity index (χ2n) is 6.41. The van der Waals surface area contributed by atoms with Crippen molar-refractivity contribution in [2.45, 2.75) is 26.1 Å². The molecule has 8 heteroatoms. The predicted octanol–water partition coefficient (Wildman–Crippen LogP) is 4.53. The fourth-order valence-electron chi connectivity index (χ4n) is 2.72. The molecular formula is C21H20F3N3O2. The van der Waals surface area contributed by atoms with E-state index in [0.29, 0.717) is 17.1 Å². The normalized spacial score (nSPS) is 11.3. The van der Waals surface area contributed by atoms with Gasteiger partial charge in [0.05, 0.1) is 18.3 Å². The Bertz CT molecular complexity index is 966. The van der Waals surface area contributed by atoms with Crippen molar-refractivity contribution in [2.24, 2.45) is 0 Å². The number of aromatic nitrogens is 2. The van der Waals surface area contributed by atoms with E-state index in [2.05, 4.69) is 10.4 Å². The maximum Gasteiger partial charge on any atom is 0.416 e. The third-order valence-corrected chi connectivity index (χ3v) is 4.27. The largest absolute Gasteiger partial charge is 0.484 e. The summed E-state index contributed by atoms with van der Waals surface area (Å²) in [5.41, 5.74) is 1.03. The molecule has 0 aliphatic rings. The summed E-state index contributed by atoms with van der Waals surface area (Å²) >= 11 is 0. The van der Waals surface area contributed by atoms with Gasteiger partial charge < -0.3 is 10.1 Å². The van der Waals surface area contributed by atoms with E-state index in [9.17, 15) is 18.0 Å². The van der Waals surface area contributed by atoms with Crippen molar-refractivity contribution in [1.29, 1.82) is 0 Å². The van der Waals surface area contributed by atoms with E-state index < -0.39 is 11.7 Å². The number of nitrogens with zero attached hydrogens (tertiary/aromatic N) is 2. The Kier molecular flexibility index (Phi) is 6.21. The number of benzene rings is 2. The predicted molar refractivity (Wildman–Crippen MR) is 103 cm³/mol. The van der Waals surface area contributed by atoms with Crippen LogP contribution in [0.1, 0.15) is 23.6 Å². The zero-order chi connectivity index (χ0) is 20.9. The highest BCUT2D eigenvalue weighted by Crippen LogP contribution is 2.29. The lowest BCUT2D eigenvalue weighted by molar-refractivity contribution is -0.137. The van der Waals surface area contributed by atoms with Gasteiger partial charge in [-0.1, -0.05) is 31.2 Å². The second kappa shape index (κ2) is 8.81. The number of aryl methyl sites for hydroxylation is 1. The molecule has 1 heterocycles. The number of carbonyl (C=O) groups is 1. The van der Waals surface area contributed by atoms with Crippen LogP contribution in [0.25, 0.3) is 0 Å². The molecule has 0 radical (unpaired) electrons. The molecule has 0 aliphatic heterocycles. The Morgan fingerprint density at radius 3 is 2.55 bits per heavy atom. The number of amides is 1. The molecule has 152 valence electrons.